The van der Waals surface area contributed by atoms with E-state index < -0.39 is 0 Å². The van der Waals surface area contributed by atoms with Gasteiger partial charge in [0.15, 0.2) is 0 Å². The maximum absolute atomic E-state index is 13.3. The number of hydrogen-bond acceptors (Lipinski definition) is 5. The maximum Gasteiger partial charge on any atom is 0.264 e. The average Bonchev–Trinajstić information content (AvgIpc) is 3.41. The topological polar surface area (TPSA) is 56.6 Å². The largest absolute Gasteiger partial charge is 0.378 e. The van der Waals surface area contributed by atoms with E-state index in [4.69, 9.17) is 9.47 Å². The molecule has 1 spiro atoms. The van der Waals surface area contributed by atoms with E-state index in [9.17, 15) is 9.18 Å². The SMILES string of the molecule is Cc1nn(Cc2ccc(F)cc2)c2sc(C(=O)N3C[C@@H](C)O[C@@]4(CCOC4)C3)cc12. The van der Waals surface area contributed by atoms with Crippen LogP contribution >= 0.6 is 11.3 Å². The molecule has 1 amide bonds. The van der Waals surface area contributed by atoms with Crippen molar-refractivity contribution in [1.82, 2.24) is 14.7 Å². The van der Waals surface area contributed by atoms with Crippen molar-refractivity contribution in [1.29, 1.82) is 0 Å². The highest BCUT2D eigenvalue weighted by Gasteiger charge is 2.44. The minimum absolute atomic E-state index is 0.0190. The van der Waals surface area contributed by atoms with Crippen LogP contribution in [0.1, 0.15) is 34.3 Å². The van der Waals surface area contributed by atoms with E-state index in [1.807, 2.05) is 29.5 Å². The van der Waals surface area contributed by atoms with Gasteiger partial charge in [-0.25, -0.2) is 4.39 Å². The lowest BCUT2D eigenvalue weighted by Gasteiger charge is -2.42. The van der Waals surface area contributed by atoms with Crippen LogP contribution in [0.5, 0.6) is 0 Å². The van der Waals surface area contributed by atoms with Gasteiger partial charge in [-0.15, -0.1) is 11.3 Å². The Kier molecular flexibility index (Phi) is 4.88. The normalized spacial score (nSPS) is 24.2. The number of rotatable bonds is 3. The van der Waals surface area contributed by atoms with Crippen LogP contribution in [0.25, 0.3) is 10.2 Å². The number of carbonyl (C=O) groups excluding carboxylic acids is 1. The van der Waals surface area contributed by atoms with Gasteiger partial charge in [-0.2, -0.15) is 5.10 Å². The highest BCUT2D eigenvalue weighted by molar-refractivity contribution is 7.20. The van der Waals surface area contributed by atoms with Crippen LogP contribution in [0.15, 0.2) is 30.3 Å². The molecule has 2 aliphatic heterocycles. The Morgan fingerprint density at radius 2 is 2.17 bits per heavy atom. The van der Waals surface area contributed by atoms with Gasteiger partial charge in [-0.3, -0.25) is 9.48 Å². The Labute approximate surface area is 178 Å². The monoisotopic (exact) mass is 429 g/mol. The number of hydrogen-bond donors (Lipinski definition) is 0. The molecule has 30 heavy (non-hydrogen) atoms. The summed E-state index contributed by atoms with van der Waals surface area (Å²) < 4.78 is 26.8. The number of halogens is 1. The second kappa shape index (κ2) is 7.44. The highest BCUT2D eigenvalue weighted by atomic mass is 32.1. The van der Waals surface area contributed by atoms with Gasteiger partial charge in [0.05, 0.1) is 36.4 Å². The molecule has 2 fully saturated rings. The van der Waals surface area contributed by atoms with Crippen LogP contribution in [0.4, 0.5) is 4.39 Å². The predicted octanol–water partition coefficient (Wildman–Crippen LogP) is 3.61. The molecule has 4 heterocycles. The minimum Gasteiger partial charge on any atom is -0.378 e. The number of morpholine rings is 1. The van der Waals surface area contributed by atoms with Crippen molar-refractivity contribution >= 4 is 27.5 Å². The van der Waals surface area contributed by atoms with E-state index >= 15 is 0 Å². The molecule has 158 valence electrons. The van der Waals surface area contributed by atoms with Gasteiger partial charge in [0.25, 0.3) is 5.91 Å². The van der Waals surface area contributed by atoms with E-state index in [1.165, 1.54) is 23.5 Å². The third-order valence-corrected chi connectivity index (χ3v) is 6.96. The molecule has 0 radical (unpaired) electrons. The Morgan fingerprint density at radius 1 is 1.37 bits per heavy atom. The zero-order valence-corrected chi connectivity index (χ0v) is 17.9. The molecule has 0 unspecified atom stereocenters. The van der Waals surface area contributed by atoms with Crippen molar-refractivity contribution in [3.8, 4) is 0 Å². The Morgan fingerprint density at radius 3 is 2.90 bits per heavy atom. The summed E-state index contributed by atoms with van der Waals surface area (Å²) in [6.07, 6.45) is 0.800. The average molecular weight is 430 g/mol. The zero-order chi connectivity index (χ0) is 20.9. The molecule has 2 aromatic heterocycles. The molecule has 8 heteroatoms. The minimum atomic E-state index is -0.376. The summed E-state index contributed by atoms with van der Waals surface area (Å²) in [5, 5.41) is 5.61. The van der Waals surface area contributed by atoms with Crippen molar-refractivity contribution < 1.29 is 18.7 Å². The Hall–Kier alpha value is -2.29. The van der Waals surface area contributed by atoms with Crippen LogP contribution in [0.2, 0.25) is 0 Å². The lowest BCUT2D eigenvalue weighted by molar-refractivity contribution is -0.138. The van der Waals surface area contributed by atoms with Gasteiger partial charge >= 0.3 is 0 Å². The first-order chi connectivity index (χ1) is 14.4. The molecule has 2 atom stereocenters. The van der Waals surface area contributed by atoms with E-state index in [2.05, 4.69) is 5.10 Å². The van der Waals surface area contributed by atoms with Crippen molar-refractivity contribution in [3.05, 3.63) is 52.3 Å². The predicted molar refractivity (Wildman–Crippen MR) is 112 cm³/mol. The molecule has 0 bridgehead atoms. The van der Waals surface area contributed by atoms with Crippen LogP contribution in [-0.2, 0) is 16.0 Å². The molecule has 3 aromatic rings. The third kappa shape index (κ3) is 3.53. The Bertz CT molecular complexity index is 1090. The van der Waals surface area contributed by atoms with Crippen LogP contribution in [0.3, 0.4) is 0 Å². The summed E-state index contributed by atoms with van der Waals surface area (Å²) in [4.78, 5) is 16.9. The van der Waals surface area contributed by atoms with Crippen LogP contribution in [0, 0.1) is 12.7 Å². The number of ether oxygens (including phenoxy) is 2. The summed E-state index contributed by atoms with van der Waals surface area (Å²) in [7, 11) is 0. The first kappa shape index (κ1) is 19.7. The van der Waals surface area contributed by atoms with Gasteiger partial charge in [-0.1, -0.05) is 12.1 Å². The van der Waals surface area contributed by atoms with Crippen molar-refractivity contribution in [2.75, 3.05) is 26.3 Å². The molecule has 0 N–H and O–H groups in total. The first-order valence-corrected chi connectivity index (χ1v) is 11.0. The molecule has 1 aromatic carbocycles. The quantitative estimate of drug-likeness (QED) is 0.638. The van der Waals surface area contributed by atoms with Gasteiger partial charge in [0.1, 0.15) is 16.2 Å². The molecule has 2 saturated heterocycles. The molecule has 0 saturated carbocycles. The lowest BCUT2D eigenvalue weighted by atomic mass is 9.99. The molecule has 2 aliphatic rings. The summed E-state index contributed by atoms with van der Waals surface area (Å²) in [5.41, 5.74) is 1.48. The maximum atomic E-state index is 13.3. The molecular weight excluding hydrogens is 405 g/mol. The number of aromatic nitrogens is 2. The van der Waals surface area contributed by atoms with Gasteiger partial charge in [-0.05, 0) is 37.6 Å². The highest BCUT2D eigenvalue weighted by Crippen LogP contribution is 2.33. The summed E-state index contributed by atoms with van der Waals surface area (Å²) in [6.45, 7) is 6.85. The third-order valence-electron chi connectivity index (χ3n) is 5.83. The van der Waals surface area contributed by atoms with E-state index in [0.717, 1.165) is 27.9 Å². The summed E-state index contributed by atoms with van der Waals surface area (Å²) in [6, 6.07) is 8.37. The fraction of sp³-hybridized carbons (Fsp3) is 0.455. The fourth-order valence-corrected chi connectivity index (χ4v) is 5.56. The van der Waals surface area contributed by atoms with Crippen LogP contribution < -0.4 is 0 Å². The number of amides is 1. The van der Waals surface area contributed by atoms with E-state index in [-0.39, 0.29) is 23.4 Å². The zero-order valence-electron chi connectivity index (χ0n) is 17.1. The van der Waals surface area contributed by atoms with E-state index in [0.29, 0.717) is 37.7 Å². The number of aryl methyl sites for hydroxylation is 1. The molecule has 0 aliphatic carbocycles. The lowest BCUT2D eigenvalue weighted by Crippen LogP contribution is -2.56. The number of fused-ring (bicyclic) bond motifs is 1. The molecule has 6 nitrogen and oxygen atoms in total. The molecular formula is C22H24FN3O3S. The van der Waals surface area contributed by atoms with Gasteiger partial charge in [0.2, 0.25) is 0 Å². The number of nitrogens with zero attached hydrogens (tertiary/aromatic N) is 3. The second-order valence-electron chi connectivity index (χ2n) is 8.30. The number of thiophene rings is 1. The van der Waals surface area contributed by atoms with Crippen molar-refractivity contribution in [2.45, 2.75) is 38.5 Å². The van der Waals surface area contributed by atoms with E-state index in [1.54, 1.807) is 12.1 Å². The fourth-order valence-electron chi connectivity index (χ4n) is 4.43. The smallest absolute Gasteiger partial charge is 0.264 e. The summed E-state index contributed by atoms with van der Waals surface area (Å²) in [5.74, 6) is -0.222. The Balaban J connectivity index is 1.42. The molecule has 5 rings (SSSR count). The summed E-state index contributed by atoms with van der Waals surface area (Å²) >= 11 is 1.46. The second-order valence-corrected chi connectivity index (χ2v) is 9.33. The van der Waals surface area contributed by atoms with Gasteiger partial charge < -0.3 is 14.4 Å². The standard InChI is InChI=1S/C22H24FN3O3S/c1-14-10-25(12-22(29-14)7-8-28-13-22)20(27)19-9-18-15(2)24-26(21(18)30-19)11-16-3-5-17(23)6-4-16/h3-6,9,14H,7-8,10-13H2,1-2H3/t14-,22+/m1/s1. The first-order valence-electron chi connectivity index (χ1n) is 10.2. The van der Waals surface area contributed by atoms with Crippen molar-refractivity contribution in [2.24, 2.45) is 0 Å². The van der Waals surface area contributed by atoms with Gasteiger partial charge in [0, 0.05) is 25.0 Å². The number of carbonyl (C=O) groups is 1. The van der Waals surface area contributed by atoms with Crippen LogP contribution in [-0.4, -0.2) is 58.6 Å². The number of benzene rings is 1. The van der Waals surface area contributed by atoms with Crippen molar-refractivity contribution in [3.63, 3.8) is 0 Å².